The quantitative estimate of drug-likeness (QED) is 0.206. The van der Waals surface area contributed by atoms with Crippen LogP contribution in [-0.4, -0.2) is 47.8 Å². The zero-order valence-electron chi connectivity index (χ0n) is 19.5. The van der Waals surface area contributed by atoms with Gasteiger partial charge in [-0.1, -0.05) is 0 Å². The van der Waals surface area contributed by atoms with E-state index in [1.54, 1.807) is 0 Å². The molecule has 0 rings (SSSR count). The number of carbonyl (C=O) groups is 8. The fourth-order valence-corrected chi connectivity index (χ4v) is 0. The molecule has 0 amide bonds. The first-order chi connectivity index (χ1) is 13.9. The maximum atomic E-state index is 8.89. The number of carboxylic acid groups (broad SMARTS) is 8. The van der Waals surface area contributed by atoms with E-state index in [4.69, 9.17) is 79.2 Å². The molecular weight excluding hydrogens is 770 g/mol. The third-order valence-corrected chi connectivity index (χ3v) is 0. The maximum Gasteiger partial charge on any atom is 2.00 e. The molecule has 0 aromatic rings. The van der Waals surface area contributed by atoms with Crippen molar-refractivity contribution < 1.29 is 144 Å². The van der Waals surface area contributed by atoms with Gasteiger partial charge in [0.25, 0.3) is 0 Å². The van der Waals surface area contributed by atoms with Crippen LogP contribution in [0.15, 0.2) is 0 Å². The van der Waals surface area contributed by atoms with Crippen LogP contribution in [0.3, 0.4) is 0 Å². The number of carbonyl (C=O) groups excluding carboxylic acids is 8. The standard InChI is InChI=1S/8C2H4O2.2Ag.Pd/c8*1-2(3)4;;;/h8*1H3,(H,3,4);;;/q;;;;;;;;2*+1;+2/p-8. The first kappa shape index (κ1) is 69.8. The summed E-state index contributed by atoms with van der Waals surface area (Å²) in [7, 11) is 0. The molecule has 0 aliphatic heterocycles. The molecular formula is C16H24Ag2O16Pd-4. The van der Waals surface area contributed by atoms with Crippen molar-refractivity contribution in [1.29, 1.82) is 0 Å². The van der Waals surface area contributed by atoms with Crippen molar-refractivity contribution in [2.45, 2.75) is 55.4 Å². The first-order valence-corrected chi connectivity index (χ1v) is 7.27. The molecule has 35 heavy (non-hydrogen) atoms. The second-order valence-corrected chi connectivity index (χ2v) is 3.93. The second-order valence-electron chi connectivity index (χ2n) is 3.93. The van der Waals surface area contributed by atoms with Crippen molar-refractivity contribution in [2.24, 2.45) is 0 Å². The van der Waals surface area contributed by atoms with Crippen molar-refractivity contribution in [2.75, 3.05) is 0 Å². The molecule has 19 heteroatoms. The van der Waals surface area contributed by atoms with Gasteiger partial charge in [-0.3, -0.25) is 0 Å². The van der Waals surface area contributed by atoms with Gasteiger partial charge in [-0.15, -0.1) is 0 Å². The molecule has 0 aromatic heterocycles. The number of aliphatic carboxylic acids is 8. The normalized spacial score (nSPS) is 5.71. The summed E-state index contributed by atoms with van der Waals surface area (Å²) >= 11 is 0. The molecule has 0 aliphatic rings. The number of hydrogen-bond donors (Lipinski definition) is 0. The third-order valence-electron chi connectivity index (χ3n) is 0. The summed E-state index contributed by atoms with van der Waals surface area (Å²) in [5.74, 6) is -8.67. The van der Waals surface area contributed by atoms with Crippen LogP contribution in [-0.2, 0) is 104 Å². The van der Waals surface area contributed by atoms with E-state index in [-0.39, 0.29) is 65.2 Å². The van der Waals surface area contributed by atoms with Crippen LogP contribution < -0.4 is 40.9 Å². The van der Waals surface area contributed by atoms with Crippen LogP contribution in [0.5, 0.6) is 0 Å². The van der Waals surface area contributed by atoms with E-state index in [9.17, 15) is 0 Å². The Labute approximate surface area is 246 Å². The topological polar surface area (TPSA) is 321 Å². The number of carboxylic acids is 8. The van der Waals surface area contributed by atoms with E-state index in [1.807, 2.05) is 0 Å². The Kier molecular flexibility index (Phi) is 127. The first-order valence-electron chi connectivity index (χ1n) is 7.27. The van der Waals surface area contributed by atoms with E-state index < -0.39 is 47.8 Å². The Hall–Kier alpha value is -2.10. The van der Waals surface area contributed by atoms with Gasteiger partial charge in [-0.25, -0.2) is 0 Å². The molecule has 0 unspecified atom stereocenters. The number of hydrogen-bond acceptors (Lipinski definition) is 16. The van der Waals surface area contributed by atoms with Gasteiger partial charge < -0.3 is 79.2 Å². The minimum Gasteiger partial charge on any atom is -0.550 e. The molecule has 0 saturated heterocycles. The molecule has 220 valence electrons. The fourth-order valence-electron chi connectivity index (χ4n) is 0. The fraction of sp³-hybridized carbons (Fsp3) is 0.500. The van der Waals surface area contributed by atoms with Crippen LogP contribution in [0.4, 0.5) is 0 Å². The minimum absolute atomic E-state index is 0. The molecule has 0 saturated carbocycles. The van der Waals surface area contributed by atoms with Crippen molar-refractivity contribution in [3.63, 3.8) is 0 Å². The van der Waals surface area contributed by atoms with Crippen LogP contribution >= 0.6 is 0 Å². The van der Waals surface area contributed by atoms with Crippen LogP contribution in [0.1, 0.15) is 55.4 Å². The molecule has 0 aromatic carbocycles. The summed E-state index contributed by atoms with van der Waals surface area (Å²) in [6, 6.07) is 0. The Morgan fingerprint density at radius 2 is 0.286 bits per heavy atom. The molecule has 16 nitrogen and oxygen atoms in total. The van der Waals surface area contributed by atoms with Crippen LogP contribution in [0.25, 0.3) is 0 Å². The zero-order valence-corrected chi connectivity index (χ0v) is 24.0. The van der Waals surface area contributed by atoms with Gasteiger partial charge in [0, 0.05) is 47.8 Å². The van der Waals surface area contributed by atoms with Gasteiger partial charge >= 0.3 is 65.2 Å². The average Bonchev–Trinajstić information content (AvgIpc) is 2.30. The smallest absolute Gasteiger partial charge is 0.550 e. The molecule has 0 atom stereocenters. The van der Waals surface area contributed by atoms with Crippen molar-refractivity contribution in [1.82, 2.24) is 0 Å². The molecule has 0 radical (unpaired) electrons. The molecule has 0 bridgehead atoms. The Morgan fingerprint density at radius 3 is 0.286 bits per heavy atom. The molecule has 0 fully saturated rings. The SMILES string of the molecule is CC(=O)[O-].CC(=O)[O-].CC(=O)[O-].CC(=O)[O-].CC(=O)[O-].CC(=O)[O-].CC(=O)[O-].CC(=O)[O-].[Ag+].[Ag+].[Pd+2]. The molecule has 0 aliphatic carbocycles. The largest absolute Gasteiger partial charge is 2.00 e. The van der Waals surface area contributed by atoms with Crippen molar-refractivity contribution in [3.05, 3.63) is 0 Å². The van der Waals surface area contributed by atoms with Gasteiger partial charge in [-0.2, -0.15) is 0 Å². The van der Waals surface area contributed by atoms with Gasteiger partial charge in [-0.05, 0) is 55.4 Å². The summed E-state index contributed by atoms with van der Waals surface area (Å²) in [6.07, 6.45) is 0. The molecule has 0 N–H and O–H groups in total. The van der Waals surface area contributed by atoms with Crippen LogP contribution in [0.2, 0.25) is 0 Å². The van der Waals surface area contributed by atoms with Gasteiger partial charge in [0.05, 0.1) is 0 Å². The van der Waals surface area contributed by atoms with Crippen LogP contribution in [0, 0.1) is 0 Å². The van der Waals surface area contributed by atoms with Gasteiger partial charge in [0.1, 0.15) is 0 Å². The second kappa shape index (κ2) is 63.5. The number of rotatable bonds is 0. The summed E-state index contributed by atoms with van der Waals surface area (Å²) < 4.78 is 0. The summed E-state index contributed by atoms with van der Waals surface area (Å²) in [5, 5.41) is 71.1. The predicted molar refractivity (Wildman–Crippen MR) is 85.4 cm³/mol. The maximum absolute atomic E-state index is 8.89. The van der Waals surface area contributed by atoms with E-state index in [0.29, 0.717) is 0 Å². The minimum atomic E-state index is -1.08. The average molecular weight is 795 g/mol. The van der Waals surface area contributed by atoms with Crippen molar-refractivity contribution >= 4 is 47.8 Å². The van der Waals surface area contributed by atoms with E-state index in [2.05, 4.69) is 0 Å². The predicted octanol–water partition coefficient (Wildman–Crippen LogP) is -9.96. The van der Waals surface area contributed by atoms with Crippen molar-refractivity contribution in [3.8, 4) is 0 Å². The van der Waals surface area contributed by atoms with E-state index in [0.717, 1.165) is 55.4 Å². The Bertz CT molecular complexity index is 378. The Morgan fingerprint density at radius 1 is 0.286 bits per heavy atom. The van der Waals surface area contributed by atoms with Gasteiger partial charge in [0.15, 0.2) is 0 Å². The van der Waals surface area contributed by atoms with Gasteiger partial charge in [0.2, 0.25) is 0 Å². The Balaban J connectivity index is -0.0000000206. The summed E-state index contributed by atoms with van der Waals surface area (Å²) in [6.45, 7) is 7.78. The molecule has 0 spiro atoms. The third kappa shape index (κ3) is 6490. The molecule has 0 heterocycles. The van der Waals surface area contributed by atoms with E-state index >= 15 is 0 Å². The monoisotopic (exact) mass is 792 g/mol. The van der Waals surface area contributed by atoms with E-state index in [1.165, 1.54) is 0 Å². The summed E-state index contributed by atoms with van der Waals surface area (Å²) in [5.41, 5.74) is 0. The summed E-state index contributed by atoms with van der Waals surface area (Å²) in [4.78, 5) is 71.1. The zero-order chi connectivity index (χ0) is 28.6.